The van der Waals surface area contributed by atoms with Crippen LogP contribution in [0.5, 0.6) is 0 Å². The fraction of sp³-hybridized carbons (Fsp3) is 1.00. The maximum atomic E-state index is 11.9. The second-order valence-electron chi connectivity index (χ2n) is 4.27. The molecule has 0 unspecified atom stereocenters. The van der Waals surface area contributed by atoms with Gasteiger partial charge in [0, 0.05) is 19.6 Å². The molecular formula is C10H21F3N2. The quantitative estimate of drug-likeness (QED) is 0.669. The summed E-state index contributed by atoms with van der Waals surface area (Å²) < 4.78 is 35.6. The van der Waals surface area contributed by atoms with E-state index in [-0.39, 0.29) is 6.54 Å². The van der Waals surface area contributed by atoms with Gasteiger partial charge in [-0.05, 0) is 19.5 Å². The molecule has 15 heavy (non-hydrogen) atoms. The second kappa shape index (κ2) is 7.06. The van der Waals surface area contributed by atoms with Crippen LogP contribution in [0.2, 0.25) is 0 Å². The molecule has 0 amide bonds. The van der Waals surface area contributed by atoms with Crippen molar-refractivity contribution in [3.05, 3.63) is 0 Å². The number of alkyl halides is 3. The lowest BCUT2D eigenvalue weighted by molar-refractivity contribution is -0.137. The fourth-order valence-corrected chi connectivity index (χ4v) is 1.09. The summed E-state index contributed by atoms with van der Waals surface area (Å²) >= 11 is 0. The van der Waals surface area contributed by atoms with Crippen molar-refractivity contribution in [2.75, 3.05) is 33.2 Å². The number of nitrogens with zero attached hydrogens (tertiary/aromatic N) is 1. The van der Waals surface area contributed by atoms with Gasteiger partial charge in [0.15, 0.2) is 0 Å². The first-order valence-corrected chi connectivity index (χ1v) is 5.27. The Morgan fingerprint density at radius 2 is 1.80 bits per heavy atom. The lowest BCUT2D eigenvalue weighted by Crippen LogP contribution is -2.33. The van der Waals surface area contributed by atoms with Crippen LogP contribution in [0.1, 0.15) is 20.3 Å². The molecule has 0 rings (SSSR count). The molecule has 0 aliphatic carbocycles. The molecule has 0 heterocycles. The van der Waals surface area contributed by atoms with Crippen molar-refractivity contribution >= 4 is 0 Å². The van der Waals surface area contributed by atoms with Crippen LogP contribution >= 0.6 is 0 Å². The van der Waals surface area contributed by atoms with Crippen molar-refractivity contribution in [3.8, 4) is 0 Å². The highest BCUT2D eigenvalue weighted by Crippen LogP contribution is 2.19. The molecule has 0 fully saturated rings. The van der Waals surface area contributed by atoms with Gasteiger partial charge in [0.05, 0.1) is 6.42 Å². The summed E-state index contributed by atoms with van der Waals surface area (Å²) in [6, 6.07) is 0. The summed E-state index contributed by atoms with van der Waals surface area (Å²) in [5, 5.41) is 3.19. The van der Waals surface area contributed by atoms with Gasteiger partial charge in [0.1, 0.15) is 0 Å². The number of halogens is 3. The number of rotatable bonds is 7. The molecule has 2 nitrogen and oxygen atoms in total. The third-order valence-corrected chi connectivity index (χ3v) is 2.00. The maximum absolute atomic E-state index is 11.9. The minimum atomic E-state index is -4.04. The van der Waals surface area contributed by atoms with Crippen LogP contribution in [0.3, 0.4) is 0 Å². The molecule has 1 N–H and O–H groups in total. The highest BCUT2D eigenvalue weighted by molar-refractivity contribution is 4.59. The summed E-state index contributed by atoms with van der Waals surface area (Å²) in [6.45, 7) is 6.58. The van der Waals surface area contributed by atoms with E-state index in [1.807, 2.05) is 0 Å². The Kier molecular flexibility index (Phi) is 6.92. The van der Waals surface area contributed by atoms with E-state index in [4.69, 9.17) is 0 Å². The van der Waals surface area contributed by atoms with Crippen LogP contribution in [0.25, 0.3) is 0 Å². The largest absolute Gasteiger partial charge is 0.390 e. The van der Waals surface area contributed by atoms with Crippen LogP contribution in [0, 0.1) is 5.92 Å². The van der Waals surface area contributed by atoms with E-state index in [2.05, 4.69) is 19.2 Å². The molecular weight excluding hydrogens is 205 g/mol. The molecule has 0 aromatic rings. The van der Waals surface area contributed by atoms with Gasteiger partial charge in [0.2, 0.25) is 0 Å². The fourth-order valence-electron chi connectivity index (χ4n) is 1.09. The first-order chi connectivity index (χ1) is 6.81. The lowest BCUT2D eigenvalue weighted by Gasteiger charge is -2.18. The topological polar surface area (TPSA) is 15.3 Å². The number of hydrogen-bond acceptors (Lipinski definition) is 2. The van der Waals surface area contributed by atoms with E-state index in [0.717, 1.165) is 13.1 Å². The monoisotopic (exact) mass is 226 g/mol. The molecule has 0 aromatic heterocycles. The van der Waals surface area contributed by atoms with Crippen molar-refractivity contribution in [3.63, 3.8) is 0 Å². The molecule has 0 spiro atoms. The van der Waals surface area contributed by atoms with Crippen LogP contribution in [0.15, 0.2) is 0 Å². The lowest BCUT2D eigenvalue weighted by atomic mass is 10.2. The third-order valence-electron chi connectivity index (χ3n) is 2.00. The molecule has 0 saturated heterocycles. The smallest absolute Gasteiger partial charge is 0.315 e. The van der Waals surface area contributed by atoms with Gasteiger partial charge in [-0.15, -0.1) is 0 Å². The summed E-state index contributed by atoms with van der Waals surface area (Å²) in [7, 11) is 1.71. The molecule has 0 aromatic carbocycles. The van der Waals surface area contributed by atoms with Crippen molar-refractivity contribution in [2.45, 2.75) is 26.4 Å². The van der Waals surface area contributed by atoms with E-state index in [1.54, 1.807) is 11.9 Å². The Balaban J connectivity index is 3.38. The summed E-state index contributed by atoms with van der Waals surface area (Å²) in [5.74, 6) is 0.575. The SMILES string of the molecule is CC(C)CNCCN(C)CCC(F)(F)F. The van der Waals surface area contributed by atoms with Gasteiger partial charge in [-0.2, -0.15) is 13.2 Å². The Morgan fingerprint density at radius 1 is 1.20 bits per heavy atom. The minimum absolute atomic E-state index is 0.0762. The van der Waals surface area contributed by atoms with E-state index in [1.165, 1.54) is 0 Å². The summed E-state index contributed by atoms with van der Waals surface area (Å²) in [6.07, 6.45) is -4.77. The van der Waals surface area contributed by atoms with Crippen molar-refractivity contribution in [1.29, 1.82) is 0 Å². The van der Waals surface area contributed by atoms with Gasteiger partial charge in [-0.1, -0.05) is 13.8 Å². The molecule has 0 atom stereocenters. The van der Waals surface area contributed by atoms with E-state index in [9.17, 15) is 13.2 Å². The third kappa shape index (κ3) is 11.6. The average Bonchev–Trinajstić information content (AvgIpc) is 2.07. The normalized spacial score (nSPS) is 12.8. The maximum Gasteiger partial charge on any atom is 0.390 e. The number of nitrogens with one attached hydrogen (secondary N) is 1. The first-order valence-electron chi connectivity index (χ1n) is 5.27. The van der Waals surface area contributed by atoms with E-state index >= 15 is 0 Å². The number of likely N-dealkylation sites (N-methyl/N-ethyl adjacent to an activating group) is 1. The average molecular weight is 226 g/mol. The van der Waals surface area contributed by atoms with Gasteiger partial charge >= 0.3 is 6.18 Å². The van der Waals surface area contributed by atoms with Gasteiger partial charge in [0.25, 0.3) is 0 Å². The molecule has 0 bridgehead atoms. The first kappa shape index (κ1) is 14.7. The summed E-state index contributed by atoms with van der Waals surface area (Å²) in [4.78, 5) is 1.70. The Morgan fingerprint density at radius 3 is 2.27 bits per heavy atom. The Hall–Kier alpha value is -0.290. The highest BCUT2D eigenvalue weighted by atomic mass is 19.4. The zero-order chi connectivity index (χ0) is 11.9. The second-order valence-corrected chi connectivity index (χ2v) is 4.27. The molecule has 5 heteroatoms. The van der Waals surface area contributed by atoms with E-state index < -0.39 is 12.6 Å². The van der Waals surface area contributed by atoms with Crippen LogP contribution in [-0.2, 0) is 0 Å². The summed E-state index contributed by atoms with van der Waals surface area (Å²) in [5.41, 5.74) is 0. The Labute approximate surface area is 89.8 Å². The van der Waals surface area contributed by atoms with Crippen molar-refractivity contribution in [2.24, 2.45) is 5.92 Å². The predicted octanol–water partition coefficient (Wildman–Crippen LogP) is 2.12. The minimum Gasteiger partial charge on any atom is -0.315 e. The Bertz CT molecular complexity index is 157. The molecule has 92 valence electrons. The molecule has 0 radical (unpaired) electrons. The van der Waals surface area contributed by atoms with Crippen LogP contribution in [-0.4, -0.2) is 44.3 Å². The van der Waals surface area contributed by atoms with Gasteiger partial charge in [-0.25, -0.2) is 0 Å². The van der Waals surface area contributed by atoms with Crippen molar-refractivity contribution < 1.29 is 13.2 Å². The van der Waals surface area contributed by atoms with Crippen molar-refractivity contribution in [1.82, 2.24) is 10.2 Å². The van der Waals surface area contributed by atoms with E-state index in [0.29, 0.717) is 12.5 Å². The predicted molar refractivity (Wildman–Crippen MR) is 55.9 cm³/mol. The molecule has 0 aliphatic heterocycles. The van der Waals surface area contributed by atoms with Gasteiger partial charge in [-0.3, -0.25) is 0 Å². The van der Waals surface area contributed by atoms with Gasteiger partial charge < -0.3 is 10.2 Å². The van der Waals surface area contributed by atoms with Crippen LogP contribution in [0.4, 0.5) is 13.2 Å². The molecule has 0 aliphatic rings. The number of hydrogen-bond donors (Lipinski definition) is 1. The molecule has 0 saturated carbocycles. The highest BCUT2D eigenvalue weighted by Gasteiger charge is 2.26. The van der Waals surface area contributed by atoms with Crippen LogP contribution < -0.4 is 5.32 Å². The zero-order valence-corrected chi connectivity index (χ0v) is 9.69. The standard InChI is InChI=1S/C10H21F3N2/c1-9(2)8-14-5-7-15(3)6-4-10(11,12)13/h9,14H,4-8H2,1-3H3. The zero-order valence-electron chi connectivity index (χ0n) is 9.69.